The lowest BCUT2D eigenvalue weighted by molar-refractivity contribution is 0.285. The maximum absolute atomic E-state index is 5.76. The van der Waals surface area contributed by atoms with Crippen molar-refractivity contribution in [2.24, 2.45) is 5.92 Å². The van der Waals surface area contributed by atoms with Crippen LogP contribution in [0.3, 0.4) is 0 Å². The van der Waals surface area contributed by atoms with Crippen LogP contribution in [-0.2, 0) is 6.42 Å². The molecule has 1 fully saturated rings. The third-order valence-electron chi connectivity index (χ3n) is 2.80. The highest BCUT2D eigenvalue weighted by atomic mass is 16.5. The molecule has 16 heavy (non-hydrogen) atoms. The van der Waals surface area contributed by atoms with Crippen molar-refractivity contribution in [3.05, 3.63) is 11.9 Å². The van der Waals surface area contributed by atoms with Gasteiger partial charge in [-0.2, -0.15) is 0 Å². The molecule has 0 radical (unpaired) electrons. The first-order valence-corrected chi connectivity index (χ1v) is 5.99. The van der Waals surface area contributed by atoms with E-state index in [0.29, 0.717) is 0 Å². The predicted octanol–water partition coefficient (Wildman–Crippen LogP) is 2.26. The van der Waals surface area contributed by atoms with Crippen molar-refractivity contribution in [2.45, 2.75) is 32.6 Å². The lowest BCUT2D eigenvalue weighted by Crippen LogP contribution is -2.07. The Morgan fingerprint density at radius 1 is 1.44 bits per heavy atom. The summed E-state index contributed by atoms with van der Waals surface area (Å²) < 4.78 is 5.76. The smallest absolute Gasteiger partial charge is 0.221 e. The minimum absolute atomic E-state index is 0.752. The summed E-state index contributed by atoms with van der Waals surface area (Å²) in [4.78, 5) is 8.45. The Balaban J connectivity index is 2.12. The molecule has 0 unspecified atom stereocenters. The Bertz CT molecular complexity index is 350. The molecule has 0 bridgehead atoms. The van der Waals surface area contributed by atoms with Crippen LogP contribution in [0.2, 0.25) is 0 Å². The minimum Gasteiger partial charge on any atom is -0.477 e. The largest absolute Gasteiger partial charge is 0.477 e. The molecule has 4 nitrogen and oxygen atoms in total. The zero-order valence-electron chi connectivity index (χ0n) is 9.99. The molecule has 0 aromatic carbocycles. The average molecular weight is 221 g/mol. The van der Waals surface area contributed by atoms with E-state index in [1.165, 1.54) is 12.8 Å². The third kappa shape index (κ3) is 2.62. The summed E-state index contributed by atoms with van der Waals surface area (Å²) in [5, 5.41) is 3.09. The summed E-state index contributed by atoms with van der Waals surface area (Å²) in [6.07, 6.45) is 6.19. The molecular weight excluding hydrogens is 202 g/mol. The molecule has 88 valence electrons. The molecule has 1 aliphatic rings. The zero-order chi connectivity index (χ0) is 11.4. The Morgan fingerprint density at radius 3 is 2.88 bits per heavy atom. The second kappa shape index (κ2) is 5.14. The summed E-state index contributed by atoms with van der Waals surface area (Å²) in [7, 11) is 1.88. The third-order valence-corrected chi connectivity index (χ3v) is 2.80. The van der Waals surface area contributed by atoms with Crippen LogP contribution < -0.4 is 10.1 Å². The maximum Gasteiger partial charge on any atom is 0.221 e. The SMILES string of the molecule is CCCc1c(NC)ncnc1OCC1CC1. The summed E-state index contributed by atoms with van der Waals surface area (Å²) in [5.74, 6) is 2.40. The lowest BCUT2D eigenvalue weighted by Gasteiger charge is -2.12. The molecule has 1 heterocycles. The number of rotatable bonds is 6. The summed E-state index contributed by atoms with van der Waals surface area (Å²) >= 11 is 0. The molecule has 2 rings (SSSR count). The zero-order valence-corrected chi connectivity index (χ0v) is 9.99. The summed E-state index contributed by atoms with van der Waals surface area (Å²) in [6, 6.07) is 0. The highest BCUT2D eigenvalue weighted by molar-refractivity contribution is 5.48. The van der Waals surface area contributed by atoms with E-state index in [1.807, 2.05) is 7.05 Å². The van der Waals surface area contributed by atoms with Crippen molar-refractivity contribution in [1.29, 1.82) is 0 Å². The van der Waals surface area contributed by atoms with E-state index in [0.717, 1.165) is 42.6 Å². The Kier molecular flexibility index (Phi) is 3.59. The van der Waals surface area contributed by atoms with Crippen molar-refractivity contribution in [3.63, 3.8) is 0 Å². The van der Waals surface area contributed by atoms with Gasteiger partial charge in [0.05, 0.1) is 12.2 Å². The summed E-state index contributed by atoms with van der Waals surface area (Å²) in [6.45, 7) is 2.95. The molecule has 0 aliphatic heterocycles. The predicted molar refractivity (Wildman–Crippen MR) is 63.8 cm³/mol. The fourth-order valence-electron chi connectivity index (χ4n) is 1.69. The monoisotopic (exact) mass is 221 g/mol. The van der Waals surface area contributed by atoms with Crippen molar-refractivity contribution in [1.82, 2.24) is 9.97 Å². The number of hydrogen-bond acceptors (Lipinski definition) is 4. The van der Waals surface area contributed by atoms with Crippen molar-refractivity contribution < 1.29 is 4.74 Å². The van der Waals surface area contributed by atoms with E-state index < -0.39 is 0 Å². The standard InChI is InChI=1S/C12H19N3O/c1-3-4-10-11(13-2)14-8-15-12(10)16-7-9-5-6-9/h8-9H,3-7H2,1-2H3,(H,13,14,15). The molecule has 1 saturated carbocycles. The molecular formula is C12H19N3O. The van der Waals surface area contributed by atoms with Crippen LogP contribution in [0.15, 0.2) is 6.33 Å². The van der Waals surface area contributed by atoms with Crippen LogP contribution in [0, 0.1) is 5.92 Å². The highest BCUT2D eigenvalue weighted by Crippen LogP contribution is 2.30. The molecule has 0 saturated heterocycles. The fourth-order valence-corrected chi connectivity index (χ4v) is 1.69. The number of hydrogen-bond donors (Lipinski definition) is 1. The first kappa shape index (κ1) is 11.2. The van der Waals surface area contributed by atoms with E-state index >= 15 is 0 Å². The molecule has 0 spiro atoms. The second-order valence-electron chi connectivity index (χ2n) is 4.26. The van der Waals surface area contributed by atoms with Gasteiger partial charge in [-0.05, 0) is 25.2 Å². The van der Waals surface area contributed by atoms with E-state index in [1.54, 1.807) is 6.33 Å². The van der Waals surface area contributed by atoms with Crippen LogP contribution in [0.1, 0.15) is 31.7 Å². The van der Waals surface area contributed by atoms with Crippen LogP contribution >= 0.6 is 0 Å². The van der Waals surface area contributed by atoms with E-state index in [2.05, 4.69) is 22.2 Å². The number of ether oxygens (including phenoxy) is 1. The van der Waals surface area contributed by atoms with E-state index in [-0.39, 0.29) is 0 Å². The Labute approximate surface area is 96.4 Å². The molecule has 1 aromatic rings. The molecule has 1 aliphatic carbocycles. The average Bonchev–Trinajstić information content (AvgIpc) is 3.12. The lowest BCUT2D eigenvalue weighted by atomic mass is 10.2. The van der Waals surface area contributed by atoms with Gasteiger partial charge in [-0.15, -0.1) is 0 Å². The number of nitrogens with one attached hydrogen (secondary N) is 1. The van der Waals surface area contributed by atoms with Gasteiger partial charge in [-0.3, -0.25) is 0 Å². The topological polar surface area (TPSA) is 47.0 Å². The Morgan fingerprint density at radius 2 is 2.25 bits per heavy atom. The van der Waals surface area contributed by atoms with Gasteiger partial charge < -0.3 is 10.1 Å². The van der Waals surface area contributed by atoms with Crippen molar-refractivity contribution in [3.8, 4) is 5.88 Å². The van der Waals surface area contributed by atoms with Gasteiger partial charge >= 0.3 is 0 Å². The molecule has 1 aromatic heterocycles. The van der Waals surface area contributed by atoms with Crippen molar-refractivity contribution >= 4 is 5.82 Å². The van der Waals surface area contributed by atoms with E-state index in [9.17, 15) is 0 Å². The van der Waals surface area contributed by atoms with Crippen LogP contribution in [-0.4, -0.2) is 23.6 Å². The number of aromatic nitrogens is 2. The molecule has 0 atom stereocenters. The normalized spacial score (nSPS) is 14.9. The maximum atomic E-state index is 5.76. The number of nitrogens with zero attached hydrogens (tertiary/aromatic N) is 2. The summed E-state index contributed by atoms with van der Waals surface area (Å²) in [5.41, 5.74) is 1.10. The van der Waals surface area contributed by atoms with Gasteiger partial charge in [0.25, 0.3) is 0 Å². The van der Waals surface area contributed by atoms with Gasteiger partial charge in [-0.1, -0.05) is 13.3 Å². The first-order valence-electron chi connectivity index (χ1n) is 5.99. The van der Waals surface area contributed by atoms with Crippen LogP contribution in [0.5, 0.6) is 5.88 Å². The van der Waals surface area contributed by atoms with Crippen LogP contribution in [0.4, 0.5) is 5.82 Å². The highest BCUT2D eigenvalue weighted by Gasteiger charge is 2.23. The first-order chi connectivity index (χ1) is 7.85. The quantitative estimate of drug-likeness (QED) is 0.800. The second-order valence-corrected chi connectivity index (χ2v) is 4.26. The van der Waals surface area contributed by atoms with Gasteiger partial charge in [0.2, 0.25) is 5.88 Å². The van der Waals surface area contributed by atoms with Gasteiger partial charge in [-0.25, -0.2) is 9.97 Å². The molecule has 1 N–H and O–H groups in total. The molecule has 0 amide bonds. The Hall–Kier alpha value is -1.32. The fraction of sp³-hybridized carbons (Fsp3) is 0.667. The van der Waals surface area contributed by atoms with Gasteiger partial charge in [0.15, 0.2) is 0 Å². The molecule has 4 heteroatoms. The minimum atomic E-state index is 0.752. The van der Waals surface area contributed by atoms with Crippen molar-refractivity contribution in [2.75, 3.05) is 19.0 Å². The van der Waals surface area contributed by atoms with E-state index in [4.69, 9.17) is 4.74 Å². The number of anilines is 1. The van der Waals surface area contributed by atoms with Gasteiger partial charge in [0.1, 0.15) is 12.1 Å². The van der Waals surface area contributed by atoms with Gasteiger partial charge in [0, 0.05) is 7.05 Å². The van der Waals surface area contributed by atoms with Crippen LogP contribution in [0.25, 0.3) is 0 Å².